The van der Waals surface area contributed by atoms with E-state index in [1.165, 1.54) is 0 Å². The first-order valence-electron chi connectivity index (χ1n) is 7.92. The number of nitrogens with zero attached hydrogens (tertiary/aromatic N) is 1. The standard InChI is InChI=1S/C19H22Cl2N2O2/c1-12-8-9-17(25-4)14(10-12)11-23(3)13(2)19(24)22-16-7-5-6-15(20)18(16)21/h5-10,13H,11H2,1-4H3,(H,22,24). The molecule has 25 heavy (non-hydrogen) atoms. The Morgan fingerprint density at radius 2 is 2.00 bits per heavy atom. The van der Waals surface area contributed by atoms with E-state index in [0.29, 0.717) is 22.3 Å². The van der Waals surface area contributed by atoms with Crippen LogP contribution in [0.4, 0.5) is 5.69 Å². The molecule has 1 amide bonds. The van der Waals surface area contributed by atoms with E-state index in [2.05, 4.69) is 11.4 Å². The van der Waals surface area contributed by atoms with E-state index in [1.54, 1.807) is 25.3 Å². The van der Waals surface area contributed by atoms with Crippen molar-refractivity contribution >= 4 is 34.8 Å². The predicted molar refractivity (Wildman–Crippen MR) is 104 cm³/mol. The number of aryl methyl sites for hydroxylation is 1. The number of hydrogen-bond acceptors (Lipinski definition) is 3. The maximum Gasteiger partial charge on any atom is 0.241 e. The second kappa shape index (κ2) is 8.56. The Morgan fingerprint density at radius 3 is 2.68 bits per heavy atom. The number of halogens is 2. The monoisotopic (exact) mass is 380 g/mol. The summed E-state index contributed by atoms with van der Waals surface area (Å²) in [6, 6.07) is 10.8. The zero-order chi connectivity index (χ0) is 18.6. The number of amides is 1. The number of methoxy groups -OCH3 is 1. The zero-order valence-corrected chi connectivity index (χ0v) is 16.3. The number of anilines is 1. The van der Waals surface area contributed by atoms with Crippen molar-refractivity contribution in [3.05, 3.63) is 57.6 Å². The van der Waals surface area contributed by atoms with Gasteiger partial charge in [0.2, 0.25) is 5.91 Å². The highest BCUT2D eigenvalue weighted by Gasteiger charge is 2.20. The Balaban J connectivity index is 2.09. The number of benzene rings is 2. The molecule has 6 heteroatoms. The SMILES string of the molecule is COc1ccc(C)cc1CN(C)C(C)C(=O)Nc1cccc(Cl)c1Cl. The molecule has 0 aliphatic rings. The van der Waals surface area contributed by atoms with Gasteiger partial charge in [-0.3, -0.25) is 9.69 Å². The van der Waals surface area contributed by atoms with E-state index < -0.39 is 0 Å². The quantitative estimate of drug-likeness (QED) is 0.784. The molecule has 0 bridgehead atoms. The topological polar surface area (TPSA) is 41.6 Å². The second-order valence-corrected chi connectivity index (χ2v) is 6.78. The molecule has 1 N–H and O–H groups in total. The molecule has 1 atom stereocenters. The van der Waals surface area contributed by atoms with Gasteiger partial charge < -0.3 is 10.1 Å². The number of likely N-dealkylation sites (N-methyl/N-ethyl adjacent to an activating group) is 1. The molecule has 0 fully saturated rings. The van der Waals surface area contributed by atoms with Gasteiger partial charge in [-0.25, -0.2) is 0 Å². The zero-order valence-electron chi connectivity index (χ0n) is 14.8. The highest BCUT2D eigenvalue weighted by Crippen LogP contribution is 2.29. The first-order chi connectivity index (χ1) is 11.8. The molecule has 0 aliphatic carbocycles. The molecule has 2 aromatic carbocycles. The third-order valence-electron chi connectivity index (χ3n) is 4.11. The van der Waals surface area contributed by atoms with Crippen LogP contribution in [0.25, 0.3) is 0 Å². The summed E-state index contributed by atoms with van der Waals surface area (Å²) in [7, 11) is 3.54. The lowest BCUT2D eigenvalue weighted by atomic mass is 10.1. The minimum Gasteiger partial charge on any atom is -0.496 e. The number of hydrogen-bond donors (Lipinski definition) is 1. The van der Waals surface area contributed by atoms with Crippen molar-refractivity contribution in [1.82, 2.24) is 4.90 Å². The van der Waals surface area contributed by atoms with Gasteiger partial charge in [-0.2, -0.15) is 0 Å². The lowest BCUT2D eigenvalue weighted by molar-refractivity contribution is -0.120. The van der Waals surface area contributed by atoms with Crippen LogP contribution in [0.1, 0.15) is 18.1 Å². The highest BCUT2D eigenvalue weighted by molar-refractivity contribution is 6.44. The van der Waals surface area contributed by atoms with E-state index in [1.807, 2.05) is 37.9 Å². The summed E-state index contributed by atoms with van der Waals surface area (Å²) in [6.07, 6.45) is 0. The number of nitrogens with one attached hydrogen (secondary N) is 1. The minimum atomic E-state index is -0.361. The predicted octanol–water partition coefficient (Wildman–Crippen LogP) is 4.77. The third kappa shape index (κ3) is 4.88. The van der Waals surface area contributed by atoms with Gasteiger partial charge in [0.15, 0.2) is 0 Å². The van der Waals surface area contributed by atoms with Gasteiger partial charge in [0.05, 0.1) is 28.9 Å². The fraction of sp³-hybridized carbons (Fsp3) is 0.316. The van der Waals surface area contributed by atoms with E-state index in [4.69, 9.17) is 27.9 Å². The molecule has 2 aromatic rings. The molecule has 134 valence electrons. The normalized spacial score (nSPS) is 12.1. The fourth-order valence-corrected chi connectivity index (χ4v) is 2.82. The third-order valence-corrected chi connectivity index (χ3v) is 4.92. The van der Waals surface area contributed by atoms with Crippen LogP contribution in [0.5, 0.6) is 5.75 Å². The summed E-state index contributed by atoms with van der Waals surface area (Å²) in [6.45, 7) is 4.46. The van der Waals surface area contributed by atoms with Gasteiger partial charge >= 0.3 is 0 Å². The van der Waals surface area contributed by atoms with E-state index in [-0.39, 0.29) is 11.9 Å². The van der Waals surface area contributed by atoms with Crippen LogP contribution in [0.3, 0.4) is 0 Å². The summed E-state index contributed by atoms with van der Waals surface area (Å²) >= 11 is 12.1. The van der Waals surface area contributed by atoms with Crippen LogP contribution in [-0.4, -0.2) is 31.0 Å². The first-order valence-corrected chi connectivity index (χ1v) is 8.67. The van der Waals surface area contributed by atoms with Gasteiger partial charge in [0.25, 0.3) is 0 Å². The summed E-state index contributed by atoms with van der Waals surface area (Å²) in [5.41, 5.74) is 2.69. The number of ether oxygens (including phenoxy) is 1. The molecule has 0 heterocycles. The minimum absolute atomic E-state index is 0.154. The Hall–Kier alpha value is -1.75. The number of carbonyl (C=O) groups excluding carboxylic acids is 1. The van der Waals surface area contributed by atoms with Crippen molar-refractivity contribution in [1.29, 1.82) is 0 Å². The van der Waals surface area contributed by atoms with E-state index in [9.17, 15) is 4.79 Å². The van der Waals surface area contributed by atoms with Gasteiger partial charge in [0, 0.05) is 12.1 Å². The fourth-order valence-electron chi connectivity index (χ4n) is 2.47. The largest absolute Gasteiger partial charge is 0.496 e. The summed E-state index contributed by atoms with van der Waals surface area (Å²) in [5.74, 6) is 0.654. The van der Waals surface area contributed by atoms with Crippen molar-refractivity contribution in [3.8, 4) is 5.75 Å². The molecule has 2 rings (SSSR count). The van der Waals surface area contributed by atoms with Crippen LogP contribution >= 0.6 is 23.2 Å². The van der Waals surface area contributed by atoms with Crippen LogP contribution in [0, 0.1) is 6.92 Å². The first kappa shape index (κ1) is 19.6. The van der Waals surface area contributed by atoms with Crippen molar-refractivity contribution in [3.63, 3.8) is 0 Å². The Bertz CT molecular complexity index is 765. The Labute approximate surface area is 158 Å². The second-order valence-electron chi connectivity index (χ2n) is 6.00. The van der Waals surface area contributed by atoms with Crippen LogP contribution in [0.15, 0.2) is 36.4 Å². The van der Waals surface area contributed by atoms with Crippen LogP contribution in [-0.2, 0) is 11.3 Å². The molecule has 0 aliphatic heterocycles. The van der Waals surface area contributed by atoms with Gasteiger partial charge in [-0.15, -0.1) is 0 Å². The average molecular weight is 381 g/mol. The smallest absolute Gasteiger partial charge is 0.241 e. The van der Waals surface area contributed by atoms with Gasteiger partial charge in [-0.1, -0.05) is 47.0 Å². The van der Waals surface area contributed by atoms with E-state index in [0.717, 1.165) is 16.9 Å². The van der Waals surface area contributed by atoms with Gasteiger partial charge in [-0.05, 0) is 39.1 Å². The number of carbonyl (C=O) groups is 1. The van der Waals surface area contributed by atoms with E-state index >= 15 is 0 Å². The Kier molecular flexibility index (Phi) is 6.71. The van der Waals surface area contributed by atoms with Crippen molar-refractivity contribution in [2.75, 3.05) is 19.5 Å². The van der Waals surface area contributed by atoms with Crippen molar-refractivity contribution in [2.24, 2.45) is 0 Å². The summed E-state index contributed by atoms with van der Waals surface area (Å²) in [5, 5.41) is 3.58. The molecule has 0 spiro atoms. The van der Waals surface area contributed by atoms with Crippen LogP contribution < -0.4 is 10.1 Å². The molecule has 0 radical (unpaired) electrons. The maximum absolute atomic E-state index is 12.5. The Morgan fingerprint density at radius 1 is 1.28 bits per heavy atom. The lowest BCUT2D eigenvalue weighted by Crippen LogP contribution is -2.39. The van der Waals surface area contributed by atoms with Crippen LogP contribution in [0.2, 0.25) is 10.0 Å². The lowest BCUT2D eigenvalue weighted by Gasteiger charge is -2.25. The molecular weight excluding hydrogens is 359 g/mol. The van der Waals surface area contributed by atoms with Crippen molar-refractivity contribution in [2.45, 2.75) is 26.4 Å². The molecule has 0 saturated carbocycles. The molecule has 4 nitrogen and oxygen atoms in total. The molecular formula is C19H22Cl2N2O2. The highest BCUT2D eigenvalue weighted by atomic mass is 35.5. The molecule has 0 saturated heterocycles. The maximum atomic E-state index is 12.5. The summed E-state index contributed by atoms with van der Waals surface area (Å²) in [4.78, 5) is 14.5. The van der Waals surface area contributed by atoms with Crippen molar-refractivity contribution < 1.29 is 9.53 Å². The summed E-state index contributed by atoms with van der Waals surface area (Å²) < 4.78 is 5.41. The van der Waals surface area contributed by atoms with Gasteiger partial charge in [0.1, 0.15) is 5.75 Å². The number of rotatable bonds is 6. The average Bonchev–Trinajstić information content (AvgIpc) is 2.58. The molecule has 1 unspecified atom stereocenters. The molecule has 0 aromatic heterocycles.